The van der Waals surface area contributed by atoms with E-state index >= 15 is 0 Å². The number of aryl methyl sites for hydroxylation is 1. The number of anilines is 1. The second-order valence-corrected chi connectivity index (χ2v) is 5.98. The number of nitrogens with zero attached hydrogens (tertiary/aromatic N) is 4. The predicted octanol–water partition coefficient (Wildman–Crippen LogP) is 3.19. The van der Waals surface area contributed by atoms with Crippen molar-refractivity contribution in [1.82, 2.24) is 19.8 Å². The van der Waals surface area contributed by atoms with Gasteiger partial charge < -0.3 is 5.32 Å². The van der Waals surface area contributed by atoms with Gasteiger partial charge in [0.15, 0.2) is 11.5 Å². The largest absolute Gasteiger partial charge is 0.369 e. The Morgan fingerprint density at radius 1 is 1.17 bits per heavy atom. The second-order valence-electron chi connectivity index (χ2n) is 5.98. The zero-order valence-electron chi connectivity index (χ0n) is 12.7. The van der Waals surface area contributed by atoms with Gasteiger partial charge in [-0.3, -0.25) is 0 Å². The van der Waals surface area contributed by atoms with Gasteiger partial charge in [0, 0.05) is 12.5 Å². The number of halogens is 1. The van der Waals surface area contributed by atoms with Crippen LogP contribution in [-0.4, -0.2) is 26.4 Å². The summed E-state index contributed by atoms with van der Waals surface area (Å²) >= 11 is 0. The molecule has 1 aliphatic rings. The van der Waals surface area contributed by atoms with Crippen molar-refractivity contribution in [3.63, 3.8) is 0 Å². The maximum atomic E-state index is 13.1. The van der Waals surface area contributed by atoms with E-state index in [2.05, 4.69) is 20.6 Å². The van der Waals surface area contributed by atoms with Gasteiger partial charge in [0.25, 0.3) is 0 Å². The van der Waals surface area contributed by atoms with E-state index in [1.54, 1.807) is 12.1 Å². The minimum absolute atomic E-state index is 0.178. The fourth-order valence-corrected chi connectivity index (χ4v) is 2.70. The maximum Gasteiger partial charge on any atom is 0.178 e. The quantitative estimate of drug-likeness (QED) is 0.710. The van der Waals surface area contributed by atoms with Crippen molar-refractivity contribution >= 4 is 11.5 Å². The lowest BCUT2D eigenvalue weighted by molar-refractivity contribution is 0.624. The van der Waals surface area contributed by atoms with E-state index in [0.717, 1.165) is 42.2 Å². The minimum Gasteiger partial charge on any atom is -0.369 e. The molecule has 1 saturated carbocycles. The number of aromatic nitrogens is 4. The molecule has 0 atom stereocenters. The fourth-order valence-electron chi connectivity index (χ4n) is 2.70. The zero-order valence-corrected chi connectivity index (χ0v) is 12.7. The Kier molecular flexibility index (Phi) is 3.65. The van der Waals surface area contributed by atoms with E-state index in [1.165, 1.54) is 18.9 Å². The molecule has 5 nitrogen and oxygen atoms in total. The van der Waals surface area contributed by atoms with Crippen LogP contribution in [-0.2, 0) is 6.42 Å². The molecular formula is C17H18FN5. The van der Waals surface area contributed by atoms with Crippen LogP contribution in [0.25, 0.3) is 5.65 Å². The van der Waals surface area contributed by atoms with Crippen molar-refractivity contribution in [2.75, 3.05) is 11.9 Å². The van der Waals surface area contributed by atoms with E-state index in [9.17, 15) is 4.39 Å². The van der Waals surface area contributed by atoms with Crippen LogP contribution in [0.2, 0.25) is 0 Å². The van der Waals surface area contributed by atoms with E-state index in [4.69, 9.17) is 0 Å². The first kappa shape index (κ1) is 14.1. The van der Waals surface area contributed by atoms with Gasteiger partial charge in [-0.05, 0) is 55.5 Å². The molecule has 0 unspecified atom stereocenters. The maximum absolute atomic E-state index is 13.1. The Morgan fingerprint density at radius 2 is 2.09 bits per heavy atom. The van der Waals surface area contributed by atoms with Crippen molar-refractivity contribution in [1.29, 1.82) is 0 Å². The molecule has 118 valence electrons. The normalized spacial score (nSPS) is 14.3. The lowest BCUT2D eigenvalue weighted by Crippen LogP contribution is -2.07. The number of hydrogen-bond donors (Lipinski definition) is 1. The van der Waals surface area contributed by atoms with Crippen LogP contribution in [0.3, 0.4) is 0 Å². The van der Waals surface area contributed by atoms with Gasteiger partial charge in [-0.1, -0.05) is 12.1 Å². The van der Waals surface area contributed by atoms with Crippen molar-refractivity contribution in [3.8, 4) is 0 Å². The summed E-state index contributed by atoms with van der Waals surface area (Å²) < 4.78 is 15.0. The second kappa shape index (κ2) is 5.95. The fraction of sp³-hybridized carbons (Fsp3) is 0.353. The van der Waals surface area contributed by atoms with Gasteiger partial charge in [0.05, 0.1) is 0 Å². The molecule has 1 aromatic carbocycles. The smallest absolute Gasteiger partial charge is 0.178 e. The summed E-state index contributed by atoms with van der Waals surface area (Å²) in [4.78, 5) is 0. The highest BCUT2D eigenvalue weighted by atomic mass is 19.1. The van der Waals surface area contributed by atoms with Crippen LogP contribution >= 0.6 is 0 Å². The summed E-state index contributed by atoms with van der Waals surface area (Å²) in [5.74, 6) is 2.12. The third kappa shape index (κ3) is 3.16. The Hall–Kier alpha value is -2.50. The Labute approximate surface area is 133 Å². The highest BCUT2D eigenvalue weighted by Crippen LogP contribution is 2.38. The van der Waals surface area contributed by atoms with E-state index in [1.807, 2.05) is 22.7 Å². The molecule has 0 amide bonds. The molecular weight excluding hydrogens is 293 g/mol. The van der Waals surface area contributed by atoms with Gasteiger partial charge in [0.2, 0.25) is 0 Å². The average Bonchev–Trinajstić information content (AvgIpc) is 3.31. The molecule has 1 aliphatic carbocycles. The lowest BCUT2D eigenvalue weighted by atomic mass is 10.1. The third-order valence-corrected chi connectivity index (χ3v) is 4.07. The molecule has 4 rings (SSSR count). The third-order valence-electron chi connectivity index (χ3n) is 4.07. The summed E-state index contributed by atoms with van der Waals surface area (Å²) in [6.45, 7) is 0.788. The SMILES string of the molecule is Fc1cccc(CCCNc2ccc3nnc(C4CC4)n3n2)c1. The standard InChI is InChI=1S/C17H18FN5/c18-14-5-1-3-12(11-14)4-2-10-19-15-8-9-16-20-21-17(13-6-7-13)23(16)22-15/h1,3,5,8-9,11,13H,2,4,6-7,10H2,(H,19,22). The zero-order chi connectivity index (χ0) is 15.6. The molecule has 0 aliphatic heterocycles. The Balaban J connectivity index is 1.37. The van der Waals surface area contributed by atoms with Gasteiger partial charge >= 0.3 is 0 Å². The number of hydrogen-bond acceptors (Lipinski definition) is 4. The lowest BCUT2D eigenvalue weighted by Gasteiger charge is -2.06. The highest BCUT2D eigenvalue weighted by molar-refractivity contribution is 5.44. The van der Waals surface area contributed by atoms with E-state index < -0.39 is 0 Å². The van der Waals surface area contributed by atoms with Crippen molar-refractivity contribution in [2.24, 2.45) is 0 Å². The van der Waals surface area contributed by atoms with Crippen LogP contribution in [0.15, 0.2) is 36.4 Å². The van der Waals surface area contributed by atoms with Crippen LogP contribution in [0.1, 0.15) is 36.6 Å². The average molecular weight is 311 g/mol. The van der Waals surface area contributed by atoms with Crippen molar-refractivity contribution < 1.29 is 4.39 Å². The molecule has 1 fully saturated rings. The summed E-state index contributed by atoms with van der Waals surface area (Å²) in [6.07, 6.45) is 4.11. The number of benzene rings is 1. The molecule has 6 heteroatoms. The molecule has 3 aromatic rings. The predicted molar refractivity (Wildman–Crippen MR) is 86.0 cm³/mol. The minimum atomic E-state index is -0.178. The van der Waals surface area contributed by atoms with Gasteiger partial charge in [-0.25, -0.2) is 4.39 Å². The molecule has 1 N–H and O–H groups in total. The molecule has 0 spiro atoms. The van der Waals surface area contributed by atoms with E-state index in [0.29, 0.717) is 5.92 Å². The van der Waals surface area contributed by atoms with Crippen LogP contribution in [0, 0.1) is 5.82 Å². The first-order valence-electron chi connectivity index (χ1n) is 8.00. The molecule has 2 heterocycles. The first-order chi connectivity index (χ1) is 11.3. The highest BCUT2D eigenvalue weighted by Gasteiger charge is 2.29. The monoisotopic (exact) mass is 311 g/mol. The molecule has 23 heavy (non-hydrogen) atoms. The Bertz CT molecular complexity index is 825. The number of nitrogens with one attached hydrogen (secondary N) is 1. The summed E-state index contributed by atoms with van der Waals surface area (Å²) in [5, 5.41) is 16.3. The topological polar surface area (TPSA) is 55.1 Å². The number of fused-ring (bicyclic) bond motifs is 1. The first-order valence-corrected chi connectivity index (χ1v) is 8.00. The summed E-state index contributed by atoms with van der Waals surface area (Å²) in [5.41, 5.74) is 1.81. The van der Waals surface area contributed by atoms with Gasteiger partial charge in [-0.2, -0.15) is 4.52 Å². The summed E-state index contributed by atoms with van der Waals surface area (Å²) in [7, 11) is 0. The van der Waals surface area contributed by atoms with Crippen molar-refractivity contribution in [3.05, 3.63) is 53.6 Å². The van der Waals surface area contributed by atoms with Gasteiger partial charge in [0.1, 0.15) is 11.6 Å². The van der Waals surface area contributed by atoms with Crippen LogP contribution in [0.4, 0.5) is 10.2 Å². The summed E-state index contributed by atoms with van der Waals surface area (Å²) in [6, 6.07) is 10.6. The van der Waals surface area contributed by atoms with Crippen molar-refractivity contribution in [2.45, 2.75) is 31.6 Å². The number of rotatable bonds is 6. The Morgan fingerprint density at radius 3 is 2.91 bits per heavy atom. The van der Waals surface area contributed by atoms with Crippen LogP contribution in [0.5, 0.6) is 0 Å². The molecule has 0 bridgehead atoms. The van der Waals surface area contributed by atoms with Gasteiger partial charge in [-0.15, -0.1) is 15.3 Å². The van der Waals surface area contributed by atoms with E-state index in [-0.39, 0.29) is 5.82 Å². The molecule has 0 radical (unpaired) electrons. The van der Waals surface area contributed by atoms with Crippen LogP contribution < -0.4 is 5.32 Å². The molecule has 2 aromatic heterocycles. The molecule has 0 saturated heterocycles.